The molecule has 0 aromatic heterocycles. The van der Waals surface area contributed by atoms with Crippen LogP contribution < -0.4 is 0 Å². The normalized spacial score (nSPS) is 13.3. The van der Waals surface area contributed by atoms with Gasteiger partial charge in [0.05, 0.1) is 19.8 Å². The summed E-state index contributed by atoms with van der Waals surface area (Å²) in [6.07, 6.45) is 1.12. The van der Waals surface area contributed by atoms with Gasteiger partial charge in [-0.15, -0.1) is 0 Å². The molecule has 1 atom stereocenters. The predicted molar refractivity (Wildman–Crippen MR) is 68.3 cm³/mol. The van der Waals surface area contributed by atoms with E-state index in [1.165, 1.54) is 0 Å². The molecule has 0 heterocycles. The van der Waals surface area contributed by atoms with Crippen LogP contribution in [0.15, 0.2) is 12.2 Å². The van der Waals surface area contributed by atoms with Gasteiger partial charge in [-0.05, 0) is 13.8 Å². The highest BCUT2D eigenvalue weighted by Gasteiger charge is 2.18. The van der Waals surface area contributed by atoms with Crippen molar-refractivity contribution in [2.75, 3.05) is 26.4 Å². The lowest BCUT2D eigenvalue weighted by atomic mass is 10.5. The molecule has 0 fully saturated rings. The zero-order valence-corrected chi connectivity index (χ0v) is 12.1. The largest absolute Gasteiger partial charge is 0.478 e. The quantitative estimate of drug-likeness (QED) is 0.321. The van der Waals surface area contributed by atoms with Crippen molar-refractivity contribution in [3.63, 3.8) is 0 Å². The molecule has 0 amide bonds. The number of hydrogen-bond acceptors (Lipinski definition) is 6. The molecule has 0 spiro atoms. The van der Waals surface area contributed by atoms with Crippen LogP contribution in [0.3, 0.4) is 0 Å². The molecule has 0 saturated heterocycles. The van der Waals surface area contributed by atoms with Crippen molar-refractivity contribution in [3.05, 3.63) is 12.2 Å². The fourth-order valence-electron chi connectivity index (χ4n) is 0.699. The molecule has 0 saturated carbocycles. The topological polar surface area (TPSA) is 140 Å². The summed E-state index contributed by atoms with van der Waals surface area (Å²) < 4.78 is 24.7. The average Bonchev–Trinajstić information content (AvgIpc) is 2.33. The lowest BCUT2D eigenvalue weighted by Gasteiger charge is -2.10. The van der Waals surface area contributed by atoms with Crippen LogP contribution >= 0.6 is 7.82 Å². The third-order valence-electron chi connectivity index (χ3n) is 1.35. The number of carboxylic acids is 2. The maximum Gasteiger partial charge on any atom is 0.472 e. The Hall–Kier alpha value is -1.25. The van der Waals surface area contributed by atoms with Gasteiger partial charge in [-0.3, -0.25) is 9.05 Å². The van der Waals surface area contributed by atoms with E-state index < -0.39 is 19.8 Å². The molecule has 10 heteroatoms. The van der Waals surface area contributed by atoms with Crippen LogP contribution in [-0.4, -0.2) is 53.5 Å². The Balaban J connectivity index is 0. The van der Waals surface area contributed by atoms with Gasteiger partial charge in [0, 0.05) is 18.8 Å². The van der Waals surface area contributed by atoms with E-state index in [0.29, 0.717) is 25.4 Å². The van der Waals surface area contributed by atoms with Gasteiger partial charge < -0.3 is 19.8 Å². The summed E-state index contributed by atoms with van der Waals surface area (Å²) in [7, 11) is -3.81. The van der Waals surface area contributed by atoms with Gasteiger partial charge in [0.25, 0.3) is 0 Å². The summed E-state index contributed by atoms with van der Waals surface area (Å²) in [5, 5.41) is 15.6. The number of hydrogen-bond donors (Lipinski definition) is 3. The predicted octanol–water partition coefficient (Wildman–Crippen LogP) is 0.888. The van der Waals surface area contributed by atoms with E-state index in [1.807, 2.05) is 6.92 Å². The lowest BCUT2D eigenvalue weighted by molar-refractivity contribution is -0.134. The van der Waals surface area contributed by atoms with E-state index in [4.69, 9.17) is 19.8 Å². The SMILES string of the molecule is CCOCCOP(=O)(O)OCC.O=C(O)/C=C\C(=O)O. The van der Waals surface area contributed by atoms with Gasteiger partial charge in [0.15, 0.2) is 0 Å². The zero-order chi connectivity index (χ0) is 16.0. The van der Waals surface area contributed by atoms with E-state index in [0.717, 1.165) is 0 Å². The van der Waals surface area contributed by atoms with Crippen LogP contribution in [0.5, 0.6) is 0 Å². The summed E-state index contributed by atoms with van der Waals surface area (Å²) in [4.78, 5) is 28.0. The van der Waals surface area contributed by atoms with Gasteiger partial charge in [-0.25, -0.2) is 14.2 Å². The number of phosphoric acid groups is 1. The maximum atomic E-state index is 10.8. The zero-order valence-electron chi connectivity index (χ0n) is 11.2. The summed E-state index contributed by atoms with van der Waals surface area (Å²) in [6, 6.07) is 0. The second-order valence-electron chi connectivity index (χ2n) is 2.93. The number of rotatable bonds is 9. The van der Waals surface area contributed by atoms with Crippen molar-refractivity contribution < 1.29 is 43.0 Å². The molecule has 0 radical (unpaired) electrons. The third-order valence-corrected chi connectivity index (χ3v) is 2.44. The minimum absolute atomic E-state index is 0.0710. The van der Waals surface area contributed by atoms with Crippen molar-refractivity contribution in [1.29, 1.82) is 0 Å². The number of carbonyl (C=O) groups is 2. The van der Waals surface area contributed by atoms with Gasteiger partial charge in [0.1, 0.15) is 0 Å². The standard InChI is InChI=1S/C6H15O5P.C4H4O4/c1-3-9-5-6-11-12(7,8)10-4-2;5-3(6)1-2-4(7)8/h3-6H2,1-2H3,(H,7,8);1-2H,(H,5,6)(H,7,8)/b;2-1-. The summed E-state index contributed by atoms with van der Waals surface area (Å²) in [6.45, 7) is 4.54. The van der Waals surface area contributed by atoms with Crippen molar-refractivity contribution in [3.8, 4) is 0 Å². The van der Waals surface area contributed by atoms with E-state index >= 15 is 0 Å². The highest BCUT2D eigenvalue weighted by atomic mass is 31.2. The number of ether oxygens (including phenoxy) is 1. The Bertz CT molecular complexity index is 337. The fraction of sp³-hybridized carbons (Fsp3) is 0.600. The smallest absolute Gasteiger partial charge is 0.472 e. The Morgan fingerprint density at radius 1 is 1.00 bits per heavy atom. The third kappa shape index (κ3) is 19.1. The van der Waals surface area contributed by atoms with Crippen LogP contribution in [0.2, 0.25) is 0 Å². The summed E-state index contributed by atoms with van der Waals surface area (Å²) >= 11 is 0. The molecule has 118 valence electrons. The van der Waals surface area contributed by atoms with Crippen LogP contribution in [0.4, 0.5) is 0 Å². The minimum Gasteiger partial charge on any atom is -0.478 e. The molecule has 3 N–H and O–H groups in total. The van der Waals surface area contributed by atoms with Crippen LogP contribution in [-0.2, 0) is 27.9 Å². The molecular formula is C10H19O9P. The molecule has 0 rings (SSSR count). The van der Waals surface area contributed by atoms with Gasteiger partial charge in [-0.2, -0.15) is 0 Å². The van der Waals surface area contributed by atoms with Gasteiger partial charge in [-0.1, -0.05) is 0 Å². The summed E-state index contributed by atoms with van der Waals surface area (Å²) in [5.41, 5.74) is 0. The highest BCUT2D eigenvalue weighted by Crippen LogP contribution is 2.42. The van der Waals surface area contributed by atoms with E-state index in [1.54, 1.807) is 6.92 Å². The molecule has 0 aromatic carbocycles. The van der Waals surface area contributed by atoms with E-state index in [9.17, 15) is 14.2 Å². The second kappa shape index (κ2) is 12.8. The molecule has 9 nitrogen and oxygen atoms in total. The van der Waals surface area contributed by atoms with Gasteiger partial charge >= 0.3 is 19.8 Å². The van der Waals surface area contributed by atoms with Crippen molar-refractivity contribution in [1.82, 2.24) is 0 Å². The molecule has 1 unspecified atom stereocenters. The molecule has 20 heavy (non-hydrogen) atoms. The maximum absolute atomic E-state index is 10.8. The number of aliphatic carboxylic acids is 2. The first-order valence-corrected chi connectivity index (χ1v) is 7.08. The van der Waals surface area contributed by atoms with Crippen molar-refractivity contribution >= 4 is 19.8 Å². The highest BCUT2D eigenvalue weighted by molar-refractivity contribution is 7.47. The van der Waals surface area contributed by atoms with E-state index in [2.05, 4.69) is 9.05 Å². The van der Waals surface area contributed by atoms with Crippen LogP contribution in [0.1, 0.15) is 13.8 Å². The number of carboxylic acid groups (broad SMARTS) is 2. The fourth-order valence-corrected chi connectivity index (χ4v) is 1.40. The average molecular weight is 314 g/mol. The molecule has 0 aliphatic heterocycles. The van der Waals surface area contributed by atoms with Crippen molar-refractivity contribution in [2.45, 2.75) is 13.8 Å². The Labute approximate surface area is 116 Å². The molecule has 0 aromatic rings. The molecule has 0 aliphatic rings. The minimum atomic E-state index is -3.81. The molecular weight excluding hydrogens is 295 g/mol. The first-order chi connectivity index (χ1) is 9.25. The number of phosphoric ester groups is 1. The second-order valence-corrected chi connectivity index (χ2v) is 4.38. The Morgan fingerprint density at radius 3 is 1.85 bits per heavy atom. The first-order valence-electron chi connectivity index (χ1n) is 5.58. The molecule has 0 bridgehead atoms. The monoisotopic (exact) mass is 314 g/mol. The van der Waals surface area contributed by atoms with E-state index in [-0.39, 0.29) is 13.2 Å². The van der Waals surface area contributed by atoms with Crippen LogP contribution in [0.25, 0.3) is 0 Å². The lowest BCUT2D eigenvalue weighted by Crippen LogP contribution is -2.03. The van der Waals surface area contributed by atoms with Crippen LogP contribution in [0, 0.1) is 0 Å². The van der Waals surface area contributed by atoms with Gasteiger partial charge in [0.2, 0.25) is 0 Å². The Morgan fingerprint density at radius 2 is 1.50 bits per heavy atom. The first kappa shape index (κ1) is 21.1. The Kier molecular flexibility index (Phi) is 13.4. The molecule has 0 aliphatic carbocycles. The van der Waals surface area contributed by atoms with Crippen molar-refractivity contribution in [2.24, 2.45) is 0 Å². The summed E-state index contributed by atoms with van der Waals surface area (Å²) in [5.74, 6) is -2.51.